The maximum Gasteiger partial charge on any atom is 0.345 e. The summed E-state index contributed by atoms with van der Waals surface area (Å²) >= 11 is 0.673. The Morgan fingerprint density at radius 3 is 2.61 bits per heavy atom. The predicted octanol–water partition coefficient (Wildman–Crippen LogP) is 1.27. The molecule has 0 aliphatic rings. The van der Waals surface area contributed by atoms with Crippen molar-refractivity contribution in [2.24, 2.45) is 5.41 Å². The molecule has 0 aliphatic heterocycles. The van der Waals surface area contributed by atoms with Crippen LogP contribution in [0.4, 0.5) is 0 Å². The van der Waals surface area contributed by atoms with E-state index in [1.165, 1.54) is 12.1 Å². The number of nitriles is 1. The molecule has 0 unspecified atom stereocenters. The summed E-state index contributed by atoms with van der Waals surface area (Å²) in [6.07, 6.45) is 0. The van der Waals surface area contributed by atoms with Crippen molar-refractivity contribution in [2.75, 3.05) is 6.54 Å². The molecule has 1 aromatic heterocycles. The van der Waals surface area contributed by atoms with Crippen molar-refractivity contribution in [1.82, 2.24) is 4.72 Å². The van der Waals surface area contributed by atoms with Crippen molar-refractivity contribution < 1.29 is 18.3 Å². The van der Waals surface area contributed by atoms with E-state index in [1.54, 1.807) is 13.8 Å². The molecular formula is C10H12N2O4S2. The van der Waals surface area contributed by atoms with Gasteiger partial charge in [0.2, 0.25) is 10.0 Å². The quantitative estimate of drug-likeness (QED) is 0.848. The van der Waals surface area contributed by atoms with Crippen LogP contribution in [0.5, 0.6) is 0 Å². The van der Waals surface area contributed by atoms with E-state index >= 15 is 0 Å². The zero-order chi connectivity index (χ0) is 14.0. The monoisotopic (exact) mass is 288 g/mol. The molecule has 0 radical (unpaired) electrons. The molecule has 1 heterocycles. The van der Waals surface area contributed by atoms with Gasteiger partial charge >= 0.3 is 5.97 Å². The third kappa shape index (κ3) is 3.53. The first kappa shape index (κ1) is 14.6. The number of carboxylic acids is 1. The Labute approximate surface area is 109 Å². The lowest BCUT2D eigenvalue weighted by atomic mass is 9.97. The third-order valence-electron chi connectivity index (χ3n) is 2.06. The first-order valence-corrected chi connectivity index (χ1v) is 7.22. The molecule has 0 aromatic carbocycles. The standard InChI is InChI=1S/C10H12N2O4S2/c1-10(2,5-11)6-12-18(15,16)8-4-3-7(17-8)9(13)14/h3-4,12H,6H2,1-2H3,(H,13,14). The normalized spacial score (nSPS) is 12.1. The molecule has 6 nitrogen and oxygen atoms in total. The summed E-state index contributed by atoms with van der Waals surface area (Å²) < 4.78 is 25.9. The van der Waals surface area contributed by atoms with Gasteiger partial charge in [-0.3, -0.25) is 0 Å². The van der Waals surface area contributed by atoms with Crippen LogP contribution in [0.3, 0.4) is 0 Å². The van der Waals surface area contributed by atoms with Gasteiger partial charge in [-0.1, -0.05) is 0 Å². The summed E-state index contributed by atoms with van der Waals surface area (Å²) in [4.78, 5) is 10.6. The summed E-state index contributed by atoms with van der Waals surface area (Å²) in [6, 6.07) is 4.44. The smallest absolute Gasteiger partial charge is 0.345 e. The SMILES string of the molecule is CC(C)(C#N)CNS(=O)(=O)c1ccc(C(=O)O)s1. The fourth-order valence-corrected chi connectivity index (χ4v) is 3.37. The second-order valence-electron chi connectivity index (χ2n) is 4.24. The number of hydrogen-bond acceptors (Lipinski definition) is 5. The lowest BCUT2D eigenvalue weighted by molar-refractivity contribution is 0.0702. The van der Waals surface area contributed by atoms with Crippen molar-refractivity contribution in [3.63, 3.8) is 0 Å². The highest BCUT2D eigenvalue weighted by atomic mass is 32.2. The summed E-state index contributed by atoms with van der Waals surface area (Å²) in [6.45, 7) is 3.17. The molecule has 0 aliphatic carbocycles. The summed E-state index contributed by atoms with van der Waals surface area (Å²) in [5.74, 6) is -1.17. The van der Waals surface area contributed by atoms with Crippen LogP contribution in [0.15, 0.2) is 16.3 Å². The molecule has 0 saturated carbocycles. The fraction of sp³-hybridized carbons (Fsp3) is 0.400. The van der Waals surface area contributed by atoms with E-state index in [2.05, 4.69) is 4.72 Å². The third-order valence-corrected chi connectivity index (χ3v) is 5.03. The van der Waals surface area contributed by atoms with Crippen molar-refractivity contribution in [3.8, 4) is 6.07 Å². The summed E-state index contributed by atoms with van der Waals surface area (Å²) in [7, 11) is -3.76. The molecule has 18 heavy (non-hydrogen) atoms. The van der Waals surface area contributed by atoms with Gasteiger partial charge in [0, 0.05) is 6.54 Å². The van der Waals surface area contributed by atoms with E-state index < -0.39 is 21.4 Å². The van der Waals surface area contributed by atoms with Crippen LogP contribution in [-0.2, 0) is 10.0 Å². The number of carboxylic acid groups (broad SMARTS) is 1. The minimum Gasteiger partial charge on any atom is -0.477 e. The molecule has 0 amide bonds. The number of hydrogen-bond donors (Lipinski definition) is 2. The summed E-state index contributed by atoms with van der Waals surface area (Å²) in [5.41, 5.74) is -0.819. The van der Waals surface area contributed by atoms with Gasteiger partial charge in [0.1, 0.15) is 9.09 Å². The fourth-order valence-electron chi connectivity index (χ4n) is 0.966. The topological polar surface area (TPSA) is 107 Å². The van der Waals surface area contributed by atoms with Gasteiger partial charge in [0.05, 0.1) is 11.5 Å². The Balaban J connectivity index is 2.87. The van der Waals surface area contributed by atoms with E-state index in [0.717, 1.165) is 0 Å². The minimum atomic E-state index is -3.76. The zero-order valence-corrected chi connectivity index (χ0v) is 11.4. The maximum atomic E-state index is 11.8. The molecule has 0 saturated heterocycles. The van der Waals surface area contributed by atoms with Crippen LogP contribution in [-0.4, -0.2) is 26.0 Å². The average molecular weight is 288 g/mol. The van der Waals surface area contributed by atoms with Gasteiger partial charge in [-0.25, -0.2) is 17.9 Å². The van der Waals surface area contributed by atoms with Crippen molar-refractivity contribution in [1.29, 1.82) is 5.26 Å². The lowest BCUT2D eigenvalue weighted by Gasteiger charge is -2.15. The number of carbonyl (C=O) groups is 1. The van der Waals surface area contributed by atoms with E-state index in [1.807, 2.05) is 6.07 Å². The molecule has 8 heteroatoms. The number of aromatic carboxylic acids is 1. The number of nitrogens with zero attached hydrogens (tertiary/aromatic N) is 1. The molecule has 1 aromatic rings. The average Bonchev–Trinajstić information content (AvgIpc) is 2.77. The highest BCUT2D eigenvalue weighted by molar-refractivity contribution is 7.91. The predicted molar refractivity (Wildman–Crippen MR) is 65.9 cm³/mol. The second kappa shape index (κ2) is 5.06. The Kier molecular flexibility index (Phi) is 4.11. The van der Waals surface area contributed by atoms with Crippen LogP contribution >= 0.6 is 11.3 Å². The first-order chi connectivity index (χ1) is 8.18. The Morgan fingerprint density at radius 1 is 1.56 bits per heavy atom. The number of nitrogens with one attached hydrogen (secondary N) is 1. The van der Waals surface area contributed by atoms with Crippen molar-refractivity contribution in [3.05, 3.63) is 17.0 Å². The molecule has 98 valence electrons. The van der Waals surface area contributed by atoms with Crippen LogP contribution < -0.4 is 4.72 Å². The molecule has 2 N–H and O–H groups in total. The highest BCUT2D eigenvalue weighted by Crippen LogP contribution is 2.22. The number of rotatable bonds is 5. The van der Waals surface area contributed by atoms with Crippen molar-refractivity contribution >= 4 is 27.3 Å². The van der Waals surface area contributed by atoms with Gasteiger partial charge in [-0.2, -0.15) is 5.26 Å². The number of sulfonamides is 1. The van der Waals surface area contributed by atoms with Crippen LogP contribution in [0.1, 0.15) is 23.5 Å². The molecule has 0 spiro atoms. The van der Waals surface area contributed by atoms with Gasteiger partial charge in [-0.15, -0.1) is 11.3 Å². The van der Waals surface area contributed by atoms with E-state index in [0.29, 0.717) is 11.3 Å². The van der Waals surface area contributed by atoms with Gasteiger partial charge < -0.3 is 5.11 Å². The number of thiophene rings is 1. The van der Waals surface area contributed by atoms with Gasteiger partial charge in [0.25, 0.3) is 0 Å². The van der Waals surface area contributed by atoms with E-state index in [4.69, 9.17) is 10.4 Å². The van der Waals surface area contributed by atoms with E-state index in [-0.39, 0.29) is 15.6 Å². The Bertz CT molecular complexity index is 596. The summed E-state index contributed by atoms with van der Waals surface area (Å²) in [5, 5.41) is 17.5. The van der Waals surface area contributed by atoms with Gasteiger partial charge in [-0.05, 0) is 26.0 Å². The molecule has 1 rings (SSSR count). The van der Waals surface area contributed by atoms with Crippen molar-refractivity contribution in [2.45, 2.75) is 18.1 Å². The Morgan fingerprint density at radius 2 is 2.17 bits per heavy atom. The molecule has 0 fully saturated rings. The zero-order valence-electron chi connectivity index (χ0n) is 9.80. The van der Waals surface area contributed by atoms with Gasteiger partial charge in [0.15, 0.2) is 0 Å². The van der Waals surface area contributed by atoms with E-state index in [9.17, 15) is 13.2 Å². The molecular weight excluding hydrogens is 276 g/mol. The molecule has 0 bridgehead atoms. The first-order valence-electron chi connectivity index (χ1n) is 4.92. The minimum absolute atomic E-state index is 0.0356. The molecule has 0 atom stereocenters. The Hall–Kier alpha value is -1.43. The highest BCUT2D eigenvalue weighted by Gasteiger charge is 2.23. The van der Waals surface area contributed by atoms with Crippen LogP contribution in [0.25, 0.3) is 0 Å². The maximum absolute atomic E-state index is 11.8. The lowest BCUT2D eigenvalue weighted by Crippen LogP contribution is -2.32. The van der Waals surface area contributed by atoms with Crippen LogP contribution in [0, 0.1) is 16.7 Å². The second-order valence-corrected chi connectivity index (χ2v) is 7.32. The largest absolute Gasteiger partial charge is 0.477 e. The van der Waals surface area contributed by atoms with Crippen LogP contribution in [0.2, 0.25) is 0 Å².